The van der Waals surface area contributed by atoms with Crippen molar-refractivity contribution in [1.29, 1.82) is 0 Å². The van der Waals surface area contributed by atoms with E-state index in [1.165, 1.54) is 0 Å². The van der Waals surface area contributed by atoms with Crippen LogP contribution in [0.25, 0.3) is 10.1 Å². The summed E-state index contributed by atoms with van der Waals surface area (Å²) in [6.45, 7) is 6.53. The van der Waals surface area contributed by atoms with Crippen LogP contribution in [0.1, 0.15) is 45.1 Å². The first-order valence-electron chi connectivity index (χ1n) is 9.91. The van der Waals surface area contributed by atoms with E-state index < -0.39 is 5.92 Å². The van der Waals surface area contributed by atoms with E-state index in [4.69, 9.17) is 9.47 Å². The van der Waals surface area contributed by atoms with Gasteiger partial charge in [-0.3, -0.25) is 4.79 Å². The molecule has 6 heteroatoms. The van der Waals surface area contributed by atoms with Crippen LogP contribution in [0, 0.1) is 0 Å². The normalized spacial score (nSPS) is 20.7. The highest BCUT2D eigenvalue weighted by Gasteiger charge is 2.38. The van der Waals surface area contributed by atoms with Gasteiger partial charge in [0.15, 0.2) is 5.78 Å². The van der Waals surface area contributed by atoms with Gasteiger partial charge in [-0.2, -0.15) is 0 Å². The van der Waals surface area contributed by atoms with Crippen LogP contribution in [0.3, 0.4) is 0 Å². The first-order valence-corrected chi connectivity index (χ1v) is 10.8. The van der Waals surface area contributed by atoms with Gasteiger partial charge in [0.25, 0.3) is 0 Å². The maximum atomic E-state index is 13.3. The number of thiophene rings is 1. The number of nitrogens with one attached hydrogen (secondary N) is 1. The molecular weight excluding hydrogens is 386 g/mol. The topological polar surface area (TPSA) is 64.6 Å². The van der Waals surface area contributed by atoms with E-state index in [1.807, 2.05) is 32.0 Å². The molecule has 1 atom stereocenters. The smallest absolute Gasteiger partial charge is 0.337 e. The van der Waals surface area contributed by atoms with E-state index in [0.717, 1.165) is 27.0 Å². The summed E-state index contributed by atoms with van der Waals surface area (Å²) in [7, 11) is 0. The minimum Gasteiger partial charge on any atom is -0.459 e. The van der Waals surface area contributed by atoms with Gasteiger partial charge in [0.2, 0.25) is 0 Å². The molecule has 152 valence electrons. The molecule has 0 amide bonds. The molecule has 2 aliphatic heterocycles. The summed E-state index contributed by atoms with van der Waals surface area (Å²) in [5, 5.41) is 6.37. The van der Waals surface area contributed by atoms with Crippen molar-refractivity contribution in [2.45, 2.75) is 45.6 Å². The summed E-state index contributed by atoms with van der Waals surface area (Å²) in [4.78, 5) is 25.9. The fourth-order valence-corrected chi connectivity index (χ4v) is 5.26. The van der Waals surface area contributed by atoms with Crippen molar-refractivity contribution >= 4 is 33.2 Å². The quantitative estimate of drug-likeness (QED) is 0.753. The van der Waals surface area contributed by atoms with Gasteiger partial charge >= 0.3 is 5.97 Å². The average Bonchev–Trinajstić information content (AvgIpc) is 3.11. The number of carbonyl (C=O) groups is 2. The highest BCUT2D eigenvalue weighted by Crippen LogP contribution is 2.43. The summed E-state index contributed by atoms with van der Waals surface area (Å²) in [6, 6.07) is 8.10. The third-order valence-electron chi connectivity index (χ3n) is 5.62. The van der Waals surface area contributed by atoms with Crippen molar-refractivity contribution in [2.75, 3.05) is 13.2 Å². The van der Waals surface area contributed by atoms with Crippen LogP contribution >= 0.6 is 11.3 Å². The number of dihydropyridines is 1. The van der Waals surface area contributed by atoms with E-state index in [-0.39, 0.29) is 17.9 Å². The third kappa shape index (κ3) is 3.74. The molecule has 0 saturated carbocycles. The lowest BCUT2D eigenvalue weighted by atomic mass is 9.79. The highest BCUT2D eigenvalue weighted by atomic mass is 32.1. The Balaban J connectivity index is 1.80. The van der Waals surface area contributed by atoms with Gasteiger partial charge in [0, 0.05) is 40.4 Å². The largest absolute Gasteiger partial charge is 0.459 e. The van der Waals surface area contributed by atoms with E-state index in [9.17, 15) is 9.59 Å². The molecule has 0 spiro atoms. The number of benzene rings is 1. The Hall–Kier alpha value is -2.44. The zero-order chi connectivity index (χ0) is 20.5. The Labute approximate surface area is 174 Å². The molecule has 5 nitrogen and oxygen atoms in total. The predicted octanol–water partition coefficient (Wildman–Crippen LogP) is 4.45. The summed E-state index contributed by atoms with van der Waals surface area (Å²) >= 11 is 1.63. The number of fused-ring (bicyclic) bond motifs is 1. The second kappa shape index (κ2) is 8.13. The predicted molar refractivity (Wildman–Crippen MR) is 114 cm³/mol. The van der Waals surface area contributed by atoms with E-state index in [2.05, 4.69) is 16.8 Å². The molecule has 0 bridgehead atoms. The molecule has 0 radical (unpaired) electrons. The van der Waals surface area contributed by atoms with Crippen LogP contribution in [0.2, 0.25) is 0 Å². The van der Waals surface area contributed by atoms with Crippen LogP contribution in [0.5, 0.6) is 0 Å². The second-order valence-corrected chi connectivity index (χ2v) is 8.51. The number of Topliss-reactive ketones (excluding diaryl/α,β-unsaturated/α-hetero) is 1. The van der Waals surface area contributed by atoms with E-state index >= 15 is 0 Å². The van der Waals surface area contributed by atoms with Crippen molar-refractivity contribution in [3.63, 3.8) is 0 Å². The lowest BCUT2D eigenvalue weighted by Crippen LogP contribution is -2.33. The third-order valence-corrected chi connectivity index (χ3v) is 6.61. The molecule has 1 fully saturated rings. The zero-order valence-electron chi connectivity index (χ0n) is 16.9. The van der Waals surface area contributed by atoms with E-state index in [0.29, 0.717) is 37.2 Å². The van der Waals surface area contributed by atoms with Crippen LogP contribution in [-0.2, 0) is 19.1 Å². The summed E-state index contributed by atoms with van der Waals surface area (Å²) in [5.41, 5.74) is 3.66. The van der Waals surface area contributed by atoms with Crippen molar-refractivity contribution in [2.24, 2.45) is 0 Å². The minimum atomic E-state index is -0.433. The maximum Gasteiger partial charge on any atom is 0.337 e. The van der Waals surface area contributed by atoms with Gasteiger partial charge in [-0.05, 0) is 43.2 Å². The summed E-state index contributed by atoms with van der Waals surface area (Å²) in [6.07, 6.45) is 1.25. The van der Waals surface area contributed by atoms with Crippen molar-refractivity contribution in [3.8, 4) is 0 Å². The molecule has 1 saturated heterocycles. The number of hydrogen-bond acceptors (Lipinski definition) is 6. The number of ether oxygens (including phenoxy) is 2. The van der Waals surface area contributed by atoms with Gasteiger partial charge in [-0.15, -0.1) is 11.3 Å². The first kappa shape index (κ1) is 19.9. The number of esters is 1. The highest BCUT2D eigenvalue weighted by molar-refractivity contribution is 7.17. The van der Waals surface area contributed by atoms with Crippen molar-refractivity contribution in [3.05, 3.63) is 57.7 Å². The Kier molecular flexibility index (Phi) is 5.56. The van der Waals surface area contributed by atoms with Crippen LogP contribution in [0.4, 0.5) is 0 Å². The molecule has 1 N–H and O–H groups in total. The number of ketones is 1. The lowest BCUT2D eigenvalue weighted by Gasteiger charge is -2.31. The van der Waals surface area contributed by atoms with Gasteiger partial charge in [0.05, 0.1) is 18.8 Å². The Morgan fingerprint density at radius 3 is 2.52 bits per heavy atom. The molecular formula is C23H25NO4S. The fraction of sp³-hybridized carbons (Fsp3) is 0.391. The Morgan fingerprint density at radius 1 is 1.10 bits per heavy atom. The minimum absolute atomic E-state index is 0.0425. The van der Waals surface area contributed by atoms with Gasteiger partial charge in [-0.25, -0.2) is 4.79 Å². The van der Waals surface area contributed by atoms with Crippen LogP contribution in [-0.4, -0.2) is 31.1 Å². The standard InChI is InChI=1S/C23H25NO4S/c1-13-20(15(3)25)22(18-12-29-19-7-5-4-6-17(18)19)21(14(2)24-13)23(26)28-16-8-10-27-11-9-16/h4-7,12,16,22,24H,8-11H2,1-3H3. The van der Waals surface area contributed by atoms with Gasteiger partial charge in [-0.1, -0.05) is 18.2 Å². The molecule has 29 heavy (non-hydrogen) atoms. The summed E-state index contributed by atoms with van der Waals surface area (Å²) < 4.78 is 12.4. The monoisotopic (exact) mass is 411 g/mol. The van der Waals surface area contributed by atoms with Crippen molar-refractivity contribution < 1.29 is 19.1 Å². The van der Waals surface area contributed by atoms with E-state index in [1.54, 1.807) is 18.3 Å². The fourth-order valence-electron chi connectivity index (χ4n) is 4.27. The van der Waals surface area contributed by atoms with Crippen LogP contribution in [0.15, 0.2) is 52.2 Å². The Morgan fingerprint density at radius 2 is 1.79 bits per heavy atom. The van der Waals surface area contributed by atoms with Gasteiger partial charge in [0.1, 0.15) is 6.10 Å². The molecule has 2 aliphatic rings. The molecule has 1 aromatic carbocycles. The number of carbonyl (C=O) groups excluding carboxylic acids is 2. The van der Waals surface area contributed by atoms with Crippen molar-refractivity contribution in [1.82, 2.24) is 5.32 Å². The first-order chi connectivity index (χ1) is 14.0. The molecule has 3 heterocycles. The number of hydrogen-bond donors (Lipinski definition) is 1. The van der Waals surface area contributed by atoms with Gasteiger partial charge < -0.3 is 14.8 Å². The molecule has 1 aromatic heterocycles. The van der Waals surface area contributed by atoms with Crippen LogP contribution < -0.4 is 5.32 Å². The lowest BCUT2D eigenvalue weighted by molar-refractivity contribution is -0.148. The molecule has 0 aliphatic carbocycles. The Bertz CT molecular complexity index is 1030. The average molecular weight is 412 g/mol. The maximum absolute atomic E-state index is 13.3. The molecule has 2 aromatic rings. The molecule has 4 rings (SSSR count). The summed E-state index contributed by atoms with van der Waals surface area (Å²) in [5.74, 6) is -0.829. The number of allylic oxidation sites excluding steroid dienone is 3. The number of rotatable bonds is 4. The second-order valence-electron chi connectivity index (χ2n) is 7.60. The SMILES string of the molecule is CC(=O)C1=C(C)NC(C)=C(C(=O)OC2CCOCC2)C1c1csc2ccccc12. The molecule has 1 unspecified atom stereocenters. The zero-order valence-corrected chi connectivity index (χ0v) is 17.7.